The number of carboxylic acids is 1. The number of aromatic nitrogens is 2. The Morgan fingerprint density at radius 1 is 1.44 bits per heavy atom. The van der Waals surface area contributed by atoms with E-state index < -0.39 is 5.97 Å². The largest absolute Gasteiger partial charge is 0.480 e. The maximum atomic E-state index is 10.3. The van der Waals surface area contributed by atoms with E-state index in [-0.39, 0.29) is 13.1 Å². The molecule has 0 spiro atoms. The minimum atomic E-state index is -0.940. The third-order valence-electron chi connectivity index (χ3n) is 2.09. The van der Waals surface area contributed by atoms with Crippen molar-refractivity contribution in [2.45, 2.75) is 6.54 Å². The number of rotatable bonds is 5. The average molecular weight is 268 g/mol. The van der Waals surface area contributed by atoms with Crippen molar-refractivity contribution in [1.29, 1.82) is 0 Å². The first kappa shape index (κ1) is 12.5. The Morgan fingerprint density at radius 3 is 3.00 bits per heavy atom. The Balaban J connectivity index is 2.04. The third kappa shape index (κ3) is 3.28. The predicted molar refractivity (Wildman–Crippen MR) is 64.1 cm³/mol. The van der Waals surface area contributed by atoms with Crippen LogP contribution in [-0.2, 0) is 11.3 Å². The first-order chi connectivity index (χ1) is 8.65. The summed E-state index contributed by atoms with van der Waals surface area (Å²) in [6.07, 6.45) is 0. The third-order valence-corrected chi connectivity index (χ3v) is 2.33. The van der Waals surface area contributed by atoms with Crippen LogP contribution in [0.3, 0.4) is 0 Å². The van der Waals surface area contributed by atoms with E-state index in [0.717, 1.165) is 5.56 Å². The Bertz CT molecular complexity index is 556. The van der Waals surface area contributed by atoms with Gasteiger partial charge in [-0.1, -0.05) is 17.7 Å². The molecule has 0 amide bonds. The maximum absolute atomic E-state index is 10.3. The first-order valence-electron chi connectivity index (χ1n) is 5.16. The van der Waals surface area contributed by atoms with Crippen molar-refractivity contribution in [3.05, 3.63) is 35.2 Å². The quantitative estimate of drug-likeness (QED) is 0.855. The number of hydrogen-bond acceptors (Lipinski definition) is 5. The van der Waals surface area contributed by atoms with Gasteiger partial charge in [0, 0.05) is 10.6 Å². The number of aliphatic carboxylic acids is 1. The molecule has 7 heteroatoms. The molecule has 0 fully saturated rings. The van der Waals surface area contributed by atoms with E-state index in [0.29, 0.717) is 16.8 Å². The topological polar surface area (TPSA) is 88.2 Å². The molecule has 0 atom stereocenters. The summed E-state index contributed by atoms with van der Waals surface area (Å²) in [6, 6.07) is 7.04. The number of carbonyl (C=O) groups is 1. The van der Waals surface area contributed by atoms with Crippen molar-refractivity contribution in [3.63, 3.8) is 0 Å². The van der Waals surface area contributed by atoms with Gasteiger partial charge in [-0.05, 0) is 18.2 Å². The second-order valence-electron chi connectivity index (χ2n) is 3.51. The molecular weight excluding hydrogens is 258 g/mol. The van der Waals surface area contributed by atoms with Crippen molar-refractivity contribution in [2.75, 3.05) is 6.54 Å². The Kier molecular flexibility index (Phi) is 3.91. The highest BCUT2D eigenvalue weighted by atomic mass is 35.5. The Morgan fingerprint density at radius 2 is 2.28 bits per heavy atom. The number of hydrogen-bond donors (Lipinski definition) is 2. The van der Waals surface area contributed by atoms with Crippen LogP contribution in [-0.4, -0.2) is 27.8 Å². The van der Waals surface area contributed by atoms with E-state index >= 15 is 0 Å². The molecule has 0 aliphatic heterocycles. The number of nitrogens with zero attached hydrogens (tertiary/aromatic N) is 2. The fourth-order valence-electron chi connectivity index (χ4n) is 1.34. The van der Waals surface area contributed by atoms with Gasteiger partial charge in [-0.2, -0.15) is 0 Å². The summed E-state index contributed by atoms with van der Waals surface area (Å²) in [6.45, 7) is 0.0503. The fraction of sp³-hybridized carbons (Fsp3) is 0.182. The lowest BCUT2D eigenvalue weighted by Gasteiger charge is -1.96. The lowest BCUT2D eigenvalue weighted by molar-refractivity contribution is -0.136. The fourth-order valence-corrected chi connectivity index (χ4v) is 1.53. The molecule has 0 aliphatic rings. The van der Waals surface area contributed by atoms with Crippen molar-refractivity contribution < 1.29 is 14.3 Å². The number of halogens is 1. The summed E-state index contributed by atoms with van der Waals surface area (Å²) in [5.74, 6) is -0.263. The van der Waals surface area contributed by atoms with Crippen LogP contribution < -0.4 is 5.32 Å². The number of carboxylic acid groups (broad SMARTS) is 1. The van der Waals surface area contributed by atoms with Gasteiger partial charge in [0.05, 0.1) is 13.1 Å². The number of benzene rings is 1. The molecule has 0 bridgehead atoms. The van der Waals surface area contributed by atoms with Crippen LogP contribution in [0, 0.1) is 0 Å². The molecule has 2 rings (SSSR count). The molecule has 1 heterocycles. The highest BCUT2D eigenvalue weighted by Crippen LogP contribution is 2.21. The minimum Gasteiger partial charge on any atom is -0.480 e. The van der Waals surface area contributed by atoms with E-state index in [1.54, 1.807) is 24.3 Å². The van der Waals surface area contributed by atoms with Gasteiger partial charge in [-0.25, -0.2) is 0 Å². The summed E-state index contributed by atoms with van der Waals surface area (Å²) in [5.41, 5.74) is 0.722. The van der Waals surface area contributed by atoms with Crippen LogP contribution in [0.4, 0.5) is 0 Å². The van der Waals surface area contributed by atoms with Crippen molar-refractivity contribution in [1.82, 2.24) is 15.5 Å². The molecule has 0 aliphatic carbocycles. The predicted octanol–water partition coefficient (Wildman–Crippen LogP) is 1.56. The standard InChI is InChI=1S/C11H10ClN3O3/c12-8-3-1-2-7(4-8)11-15-14-9(18-11)5-13-6-10(16)17/h1-4,13H,5-6H2,(H,16,17). The summed E-state index contributed by atoms with van der Waals surface area (Å²) in [5, 5.41) is 19.4. The average Bonchev–Trinajstić information content (AvgIpc) is 2.77. The van der Waals surface area contributed by atoms with E-state index in [4.69, 9.17) is 21.1 Å². The van der Waals surface area contributed by atoms with E-state index in [9.17, 15) is 4.79 Å². The molecule has 2 N–H and O–H groups in total. The Labute approximate surface area is 108 Å². The van der Waals surface area contributed by atoms with Crippen LogP contribution in [0.2, 0.25) is 5.02 Å². The van der Waals surface area contributed by atoms with Crippen LogP contribution >= 0.6 is 11.6 Å². The SMILES string of the molecule is O=C(O)CNCc1nnc(-c2cccc(Cl)c2)o1. The van der Waals surface area contributed by atoms with E-state index in [1.807, 2.05) is 0 Å². The second kappa shape index (κ2) is 5.61. The molecule has 0 saturated heterocycles. The normalized spacial score (nSPS) is 10.5. The molecule has 0 saturated carbocycles. The van der Waals surface area contributed by atoms with Gasteiger partial charge in [0.25, 0.3) is 0 Å². The summed E-state index contributed by atoms with van der Waals surface area (Å²) >= 11 is 5.85. The zero-order valence-corrected chi connectivity index (χ0v) is 10.0. The van der Waals surface area contributed by atoms with Gasteiger partial charge in [-0.3, -0.25) is 10.1 Å². The molecule has 6 nitrogen and oxygen atoms in total. The van der Waals surface area contributed by atoms with Gasteiger partial charge in [-0.15, -0.1) is 10.2 Å². The van der Waals surface area contributed by atoms with Crippen LogP contribution in [0.15, 0.2) is 28.7 Å². The maximum Gasteiger partial charge on any atom is 0.317 e. The molecule has 2 aromatic rings. The smallest absolute Gasteiger partial charge is 0.317 e. The molecular formula is C11H10ClN3O3. The van der Waals surface area contributed by atoms with Crippen molar-refractivity contribution >= 4 is 17.6 Å². The van der Waals surface area contributed by atoms with Gasteiger partial charge in [0.2, 0.25) is 11.8 Å². The molecule has 1 aromatic heterocycles. The highest BCUT2D eigenvalue weighted by molar-refractivity contribution is 6.30. The van der Waals surface area contributed by atoms with Gasteiger partial charge in [0.15, 0.2) is 0 Å². The summed E-state index contributed by atoms with van der Waals surface area (Å²) < 4.78 is 5.37. The van der Waals surface area contributed by atoms with E-state index in [2.05, 4.69) is 15.5 Å². The highest BCUT2D eigenvalue weighted by Gasteiger charge is 2.08. The van der Waals surface area contributed by atoms with E-state index in [1.165, 1.54) is 0 Å². The molecule has 18 heavy (non-hydrogen) atoms. The molecule has 1 aromatic carbocycles. The summed E-state index contributed by atoms with van der Waals surface area (Å²) in [7, 11) is 0. The zero-order valence-electron chi connectivity index (χ0n) is 9.26. The molecule has 0 unspecified atom stereocenters. The minimum absolute atomic E-state index is 0.158. The lowest BCUT2D eigenvalue weighted by Crippen LogP contribution is -2.21. The first-order valence-corrected chi connectivity index (χ1v) is 5.54. The van der Waals surface area contributed by atoms with Gasteiger partial charge in [0.1, 0.15) is 0 Å². The molecule has 0 radical (unpaired) electrons. The van der Waals surface area contributed by atoms with Crippen LogP contribution in [0.5, 0.6) is 0 Å². The van der Waals surface area contributed by atoms with Gasteiger partial charge >= 0.3 is 5.97 Å². The lowest BCUT2D eigenvalue weighted by atomic mass is 10.2. The number of nitrogens with one attached hydrogen (secondary N) is 1. The Hall–Kier alpha value is -1.92. The van der Waals surface area contributed by atoms with Crippen molar-refractivity contribution in [2.24, 2.45) is 0 Å². The monoisotopic (exact) mass is 267 g/mol. The van der Waals surface area contributed by atoms with Crippen molar-refractivity contribution in [3.8, 4) is 11.5 Å². The van der Waals surface area contributed by atoms with Crippen LogP contribution in [0.1, 0.15) is 5.89 Å². The zero-order chi connectivity index (χ0) is 13.0. The van der Waals surface area contributed by atoms with Crippen LogP contribution in [0.25, 0.3) is 11.5 Å². The van der Waals surface area contributed by atoms with Gasteiger partial charge < -0.3 is 9.52 Å². The second-order valence-corrected chi connectivity index (χ2v) is 3.95. The molecule has 94 valence electrons. The summed E-state index contributed by atoms with van der Waals surface area (Å²) in [4.78, 5) is 10.3.